The van der Waals surface area contributed by atoms with Crippen molar-refractivity contribution >= 4 is 21.4 Å². The third-order valence-electron chi connectivity index (χ3n) is 5.06. The molecule has 0 unspecified atom stereocenters. The third kappa shape index (κ3) is 3.76. The van der Waals surface area contributed by atoms with E-state index in [0.717, 1.165) is 34.5 Å². The first-order valence-corrected chi connectivity index (χ1v) is 11.1. The van der Waals surface area contributed by atoms with Crippen LogP contribution >= 0.6 is 0 Å². The van der Waals surface area contributed by atoms with E-state index in [1.807, 2.05) is 61.0 Å². The van der Waals surface area contributed by atoms with E-state index in [-0.39, 0.29) is 4.90 Å². The molecule has 0 fully saturated rings. The van der Waals surface area contributed by atoms with Crippen molar-refractivity contribution in [3.05, 3.63) is 78.1 Å². The van der Waals surface area contributed by atoms with Gasteiger partial charge < -0.3 is 9.14 Å². The summed E-state index contributed by atoms with van der Waals surface area (Å²) in [5.74, 6) is 0.437. The fraction of sp³-hybridized carbons (Fsp3) is 0.174. The number of rotatable bonds is 6. The van der Waals surface area contributed by atoms with Gasteiger partial charge in [-0.1, -0.05) is 25.1 Å². The van der Waals surface area contributed by atoms with E-state index in [4.69, 9.17) is 9.72 Å². The Morgan fingerprint density at radius 3 is 2.53 bits per heavy atom. The Balaban J connectivity index is 1.72. The van der Waals surface area contributed by atoms with E-state index >= 15 is 0 Å². The molecule has 0 atom stereocenters. The summed E-state index contributed by atoms with van der Waals surface area (Å²) in [5, 5.41) is 0. The SMILES string of the molecule is CCc1ccc(S(=O)(=O)Nc2cc(-c3cn4cccc(C)c4n3)ccc2OC)cc1. The van der Waals surface area contributed by atoms with Crippen LogP contribution in [-0.2, 0) is 16.4 Å². The zero-order valence-corrected chi connectivity index (χ0v) is 17.9. The zero-order chi connectivity index (χ0) is 21.3. The monoisotopic (exact) mass is 421 g/mol. The fourth-order valence-corrected chi connectivity index (χ4v) is 4.41. The van der Waals surface area contributed by atoms with Crippen LogP contribution in [0.3, 0.4) is 0 Å². The molecule has 0 spiro atoms. The summed E-state index contributed by atoms with van der Waals surface area (Å²) in [6.45, 7) is 4.03. The first kappa shape index (κ1) is 20.0. The Hall–Kier alpha value is -3.32. The number of hydrogen-bond acceptors (Lipinski definition) is 4. The van der Waals surface area contributed by atoms with E-state index in [1.165, 1.54) is 7.11 Å². The second-order valence-electron chi connectivity index (χ2n) is 7.07. The van der Waals surface area contributed by atoms with Crippen LogP contribution in [-0.4, -0.2) is 24.9 Å². The van der Waals surface area contributed by atoms with Crippen LogP contribution in [0.15, 0.2) is 71.9 Å². The second kappa shape index (κ2) is 7.84. The Morgan fingerprint density at radius 1 is 1.10 bits per heavy atom. The zero-order valence-electron chi connectivity index (χ0n) is 17.1. The molecule has 154 valence electrons. The van der Waals surface area contributed by atoms with Crippen LogP contribution in [0.1, 0.15) is 18.1 Å². The molecule has 0 aliphatic rings. The number of nitrogens with one attached hydrogen (secondary N) is 1. The predicted molar refractivity (Wildman–Crippen MR) is 119 cm³/mol. The maximum Gasteiger partial charge on any atom is 0.262 e. The Kier molecular flexibility index (Phi) is 5.22. The van der Waals surface area contributed by atoms with Crippen LogP contribution in [0.2, 0.25) is 0 Å². The summed E-state index contributed by atoms with van der Waals surface area (Å²) >= 11 is 0. The number of hydrogen-bond donors (Lipinski definition) is 1. The van der Waals surface area contributed by atoms with Gasteiger partial charge >= 0.3 is 0 Å². The number of methoxy groups -OCH3 is 1. The van der Waals surface area contributed by atoms with E-state index in [1.54, 1.807) is 24.3 Å². The quantitative estimate of drug-likeness (QED) is 0.491. The van der Waals surface area contributed by atoms with Gasteiger partial charge in [0.1, 0.15) is 11.4 Å². The molecule has 0 bridgehead atoms. The Morgan fingerprint density at radius 2 is 1.87 bits per heavy atom. The molecule has 2 heterocycles. The molecule has 2 aromatic carbocycles. The van der Waals surface area contributed by atoms with Gasteiger partial charge in [0.25, 0.3) is 10.0 Å². The number of aromatic nitrogens is 2. The second-order valence-corrected chi connectivity index (χ2v) is 8.75. The number of fused-ring (bicyclic) bond motifs is 1. The number of ether oxygens (including phenoxy) is 1. The van der Waals surface area contributed by atoms with Gasteiger partial charge in [0.2, 0.25) is 0 Å². The smallest absolute Gasteiger partial charge is 0.262 e. The molecule has 6 nitrogen and oxygen atoms in total. The molecule has 0 saturated heterocycles. The lowest BCUT2D eigenvalue weighted by atomic mass is 10.1. The van der Waals surface area contributed by atoms with Gasteiger partial charge in [-0.25, -0.2) is 13.4 Å². The summed E-state index contributed by atoms with van der Waals surface area (Å²) in [7, 11) is -2.25. The highest BCUT2D eigenvalue weighted by molar-refractivity contribution is 7.92. The summed E-state index contributed by atoms with van der Waals surface area (Å²) in [6, 6.07) is 16.2. The highest BCUT2D eigenvalue weighted by Gasteiger charge is 2.18. The van der Waals surface area contributed by atoms with Crippen molar-refractivity contribution in [2.75, 3.05) is 11.8 Å². The number of sulfonamides is 1. The van der Waals surface area contributed by atoms with Crippen LogP contribution in [0.25, 0.3) is 16.9 Å². The summed E-state index contributed by atoms with van der Waals surface area (Å²) in [6.07, 6.45) is 4.71. The maximum atomic E-state index is 12.9. The summed E-state index contributed by atoms with van der Waals surface area (Å²) in [5.41, 5.74) is 4.91. The first-order valence-electron chi connectivity index (χ1n) is 9.66. The Bertz CT molecular complexity index is 1310. The summed E-state index contributed by atoms with van der Waals surface area (Å²) < 4.78 is 35.8. The third-order valence-corrected chi connectivity index (χ3v) is 6.44. The van der Waals surface area contributed by atoms with Crippen molar-refractivity contribution in [2.24, 2.45) is 0 Å². The van der Waals surface area contributed by atoms with Gasteiger partial charge in [0.05, 0.1) is 23.4 Å². The highest BCUT2D eigenvalue weighted by Crippen LogP contribution is 2.32. The predicted octanol–water partition coefficient (Wildman–Crippen LogP) is 4.68. The molecule has 7 heteroatoms. The van der Waals surface area contributed by atoms with Gasteiger partial charge in [0, 0.05) is 18.0 Å². The number of aryl methyl sites for hydroxylation is 2. The number of pyridine rings is 1. The molecule has 1 N–H and O–H groups in total. The molecule has 0 radical (unpaired) electrons. The number of nitrogens with zero attached hydrogens (tertiary/aromatic N) is 2. The highest BCUT2D eigenvalue weighted by atomic mass is 32.2. The Labute approximate surface area is 176 Å². The largest absolute Gasteiger partial charge is 0.495 e. The number of benzene rings is 2. The van der Waals surface area contributed by atoms with Gasteiger partial charge in [-0.05, 0) is 60.9 Å². The van der Waals surface area contributed by atoms with Crippen LogP contribution in [0.4, 0.5) is 5.69 Å². The minimum atomic E-state index is -3.76. The number of anilines is 1. The average molecular weight is 422 g/mol. The van der Waals surface area contributed by atoms with E-state index in [2.05, 4.69) is 4.72 Å². The molecule has 2 aromatic heterocycles. The maximum absolute atomic E-state index is 12.9. The number of imidazole rings is 1. The van der Waals surface area contributed by atoms with Crippen LogP contribution < -0.4 is 9.46 Å². The van der Waals surface area contributed by atoms with Crippen molar-refractivity contribution in [3.8, 4) is 17.0 Å². The standard InChI is InChI=1S/C23H23N3O3S/c1-4-17-7-10-19(11-8-17)30(27,28)25-20-14-18(9-12-22(20)29-3)21-15-26-13-5-6-16(2)23(26)24-21/h5-15,25H,4H2,1-3H3. The lowest BCUT2D eigenvalue weighted by Crippen LogP contribution is -2.13. The van der Waals surface area contributed by atoms with Crippen LogP contribution in [0.5, 0.6) is 5.75 Å². The van der Waals surface area contributed by atoms with E-state index in [0.29, 0.717) is 11.4 Å². The van der Waals surface area contributed by atoms with Gasteiger partial charge in [-0.2, -0.15) is 0 Å². The van der Waals surface area contributed by atoms with Crippen molar-refractivity contribution in [3.63, 3.8) is 0 Å². The lowest BCUT2D eigenvalue weighted by molar-refractivity contribution is 0.417. The molecule has 0 aliphatic carbocycles. The van der Waals surface area contributed by atoms with E-state index in [9.17, 15) is 8.42 Å². The average Bonchev–Trinajstić information content (AvgIpc) is 3.19. The minimum Gasteiger partial charge on any atom is -0.495 e. The van der Waals surface area contributed by atoms with Gasteiger partial charge in [0.15, 0.2) is 0 Å². The normalized spacial score (nSPS) is 11.6. The molecule has 4 rings (SSSR count). The van der Waals surface area contributed by atoms with Crippen molar-refractivity contribution in [1.29, 1.82) is 0 Å². The van der Waals surface area contributed by atoms with Gasteiger partial charge in [-0.3, -0.25) is 4.72 Å². The topological polar surface area (TPSA) is 72.7 Å². The molecular formula is C23H23N3O3S. The van der Waals surface area contributed by atoms with Crippen LogP contribution in [0, 0.1) is 6.92 Å². The molecule has 0 saturated carbocycles. The molecule has 30 heavy (non-hydrogen) atoms. The summed E-state index contributed by atoms with van der Waals surface area (Å²) in [4.78, 5) is 4.90. The first-order chi connectivity index (χ1) is 14.4. The van der Waals surface area contributed by atoms with Crippen molar-refractivity contribution in [2.45, 2.75) is 25.2 Å². The minimum absolute atomic E-state index is 0.204. The molecule has 4 aromatic rings. The van der Waals surface area contributed by atoms with Crippen molar-refractivity contribution in [1.82, 2.24) is 9.38 Å². The fourth-order valence-electron chi connectivity index (χ4n) is 3.35. The molecule has 0 aliphatic heterocycles. The van der Waals surface area contributed by atoms with Gasteiger partial charge in [-0.15, -0.1) is 0 Å². The van der Waals surface area contributed by atoms with E-state index < -0.39 is 10.0 Å². The molecular weight excluding hydrogens is 398 g/mol. The molecule has 0 amide bonds. The lowest BCUT2D eigenvalue weighted by Gasteiger charge is -2.13. The van der Waals surface area contributed by atoms with Crippen molar-refractivity contribution < 1.29 is 13.2 Å².